The molecule has 1 N–H and O–H groups in total. The number of carbonyl (C=O) groups is 1. The summed E-state index contributed by atoms with van der Waals surface area (Å²) >= 11 is 0. The van der Waals surface area contributed by atoms with Crippen LogP contribution in [-0.2, 0) is 11.3 Å². The Bertz CT molecular complexity index is 1120. The van der Waals surface area contributed by atoms with Crippen LogP contribution >= 0.6 is 0 Å². The number of nitrogens with zero attached hydrogens (tertiary/aromatic N) is 4. The van der Waals surface area contributed by atoms with Crippen LogP contribution in [-0.4, -0.2) is 27.1 Å². The maximum absolute atomic E-state index is 12.1. The first-order valence-electron chi connectivity index (χ1n) is 8.71. The highest BCUT2D eigenvalue weighted by Crippen LogP contribution is 2.21. The molecular formula is C21H17N5O2. The largest absolute Gasteiger partial charge is 0.457 e. The number of rotatable bonds is 6. The van der Waals surface area contributed by atoms with Crippen molar-refractivity contribution in [3.8, 4) is 11.5 Å². The first-order chi connectivity index (χ1) is 13.8. The van der Waals surface area contributed by atoms with Gasteiger partial charge in [0.05, 0.1) is 11.7 Å². The second-order valence-electron chi connectivity index (χ2n) is 6.02. The first-order valence-corrected chi connectivity index (χ1v) is 8.71. The number of carbonyl (C=O) groups excluding carboxylic acids is 1. The summed E-state index contributed by atoms with van der Waals surface area (Å²) in [7, 11) is 0. The molecule has 0 saturated heterocycles. The van der Waals surface area contributed by atoms with Crippen LogP contribution in [0, 0.1) is 0 Å². The number of ether oxygens (including phenoxy) is 1. The number of hydrogen-bond donors (Lipinski definition) is 1. The van der Waals surface area contributed by atoms with Crippen LogP contribution in [0.25, 0.3) is 11.0 Å². The second-order valence-corrected chi connectivity index (χ2v) is 6.02. The summed E-state index contributed by atoms with van der Waals surface area (Å²) < 4.78 is 7.33. The molecule has 0 fully saturated rings. The monoisotopic (exact) mass is 371 g/mol. The van der Waals surface area contributed by atoms with Gasteiger partial charge < -0.3 is 4.74 Å². The Hall–Kier alpha value is -4.00. The summed E-state index contributed by atoms with van der Waals surface area (Å²) in [4.78, 5) is 12.1. The van der Waals surface area contributed by atoms with Gasteiger partial charge in [-0.1, -0.05) is 47.7 Å². The van der Waals surface area contributed by atoms with Crippen LogP contribution in [0.3, 0.4) is 0 Å². The van der Waals surface area contributed by atoms with E-state index >= 15 is 0 Å². The molecule has 28 heavy (non-hydrogen) atoms. The Morgan fingerprint density at radius 1 is 1.00 bits per heavy atom. The molecule has 0 unspecified atom stereocenters. The van der Waals surface area contributed by atoms with Gasteiger partial charge in [-0.3, -0.25) is 4.79 Å². The van der Waals surface area contributed by atoms with E-state index < -0.39 is 0 Å². The molecule has 1 amide bonds. The molecule has 0 aliphatic carbocycles. The molecule has 0 aliphatic rings. The molecule has 7 heteroatoms. The average molecular weight is 371 g/mol. The minimum Gasteiger partial charge on any atom is -0.457 e. The van der Waals surface area contributed by atoms with Crippen molar-refractivity contribution in [2.45, 2.75) is 6.54 Å². The summed E-state index contributed by atoms with van der Waals surface area (Å²) in [5.41, 5.74) is 4.85. The lowest BCUT2D eigenvalue weighted by Gasteiger charge is -2.05. The molecule has 0 spiro atoms. The third-order valence-corrected chi connectivity index (χ3v) is 3.95. The summed E-state index contributed by atoms with van der Waals surface area (Å²) in [6, 6.07) is 24.4. The summed E-state index contributed by atoms with van der Waals surface area (Å²) in [5, 5.41) is 12.0. The fraction of sp³-hybridized carbons (Fsp3) is 0.0476. The van der Waals surface area contributed by atoms with Gasteiger partial charge in [0, 0.05) is 0 Å². The van der Waals surface area contributed by atoms with Gasteiger partial charge in [0.1, 0.15) is 23.6 Å². The van der Waals surface area contributed by atoms with Gasteiger partial charge in [-0.15, -0.1) is 5.10 Å². The maximum Gasteiger partial charge on any atom is 0.261 e. The number of fused-ring (bicyclic) bond motifs is 1. The average Bonchev–Trinajstić information content (AvgIpc) is 3.12. The van der Waals surface area contributed by atoms with Gasteiger partial charge in [0.15, 0.2) is 0 Å². The number of hydrazone groups is 1. The lowest BCUT2D eigenvalue weighted by atomic mass is 10.2. The van der Waals surface area contributed by atoms with Crippen molar-refractivity contribution < 1.29 is 9.53 Å². The zero-order valence-corrected chi connectivity index (χ0v) is 14.9. The van der Waals surface area contributed by atoms with Crippen LogP contribution in [0.2, 0.25) is 0 Å². The lowest BCUT2D eigenvalue weighted by molar-refractivity contribution is -0.121. The minimum atomic E-state index is -0.288. The van der Waals surface area contributed by atoms with E-state index in [1.807, 2.05) is 78.9 Å². The predicted molar refractivity (Wildman–Crippen MR) is 106 cm³/mol. The highest BCUT2D eigenvalue weighted by Gasteiger charge is 2.07. The van der Waals surface area contributed by atoms with Crippen LogP contribution in [0.5, 0.6) is 11.5 Å². The van der Waals surface area contributed by atoms with Crippen molar-refractivity contribution in [2.24, 2.45) is 5.10 Å². The third kappa shape index (κ3) is 4.21. The first kappa shape index (κ1) is 17.4. The quantitative estimate of drug-likeness (QED) is 0.416. The van der Waals surface area contributed by atoms with Crippen molar-refractivity contribution in [3.63, 3.8) is 0 Å². The summed E-state index contributed by atoms with van der Waals surface area (Å²) in [6.07, 6.45) is 1.56. The molecule has 0 bridgehead atoms. The van der Waals surface area contributed by atoms with Gasteiger partial charge >= 0.3 is 0 Å². The van der Waals surface area contributed by atoms with Crippen molar-refractivity contribution >= 4 is 23.2 Å². The molecule has 0 saturated carbocycles. The topological polar surface area (TPSA) is 81.4 Å². The maximum atomic E-state index is 12.1. The van der Waals surface area contributed by atoms with E-state index in [1.54, 1.807) is 6.21 Å². The smallest absolute Gasteiger partial charge is 0.261 e. The lowest BCUT2D eigenvalue weighted by Crippen LogP contribution is -2.23. The second kappa shape index (κ2) is 8.13. The Balaban J connectivity index is 1.36. The fourth-order valence-electron chi connectivity index (χ4n) is 2.67. The molecule has 0 aliphatic heterocycles. The highest BCUT2D eigenvalue weighted by atomic mass is 16.5. The summed E-state index contributed by atoms with van der Waals surface area (Å²) in [6.45, 7) is 0.0367. The van der Waals surface area contributed by atoms with E-state index in [-0.39, 0.29) is 12.5 Å². The van der Waals surface area contributed by atoms with E-state index in [2.05, 4.69) is 20.8 Å². The SMILES string of the molecule is O=C(Cn1nnc2ccccc21)N/N=C/c1cccc(Oc2ccccc2)c1. The molecule has 1 heterocycles. The van der Waals surface area contributed by atoms with Gasteiger partial charge in [-0.2, -0.15) is 5.10 Å². The molecular weight excluding hydrogens is 354 g/mol. The van der Waals surface area contributed by atoms with Gasteiger partial charge in [0.2, 0.25) is 0 Å². The highest BCUT2D eigenvalue weighted by molar-refractivity contribution is 5.83. The van der Waals surface area contributed by atoms with E-state index in [9.17, 15) is 4.79 Å². The van der Waals surface area contributed by atoms with E-state index in [0.29, 0.717) is 5.75 Å². The summed E-state index contributed by atoms with van der Waals surface area (Å²) in [5.74, 6) is 1.16. The van der Waals surface area contributed by atoms with Gasteiger partial charge in [-0.05, 0) is 42.0 Å². The number of amides is 1. The molecule has 1 aromatic heterocycles. The van der Waals surface area contributed by atoms with Crippen LogP contribution in [0.4, 0.5) is 0 Å². The molecule has 0 radical (unpaired) electrons. The van der Waals surface area contributed by atoms with Crippen LogP contribution < -0.4 is 10.2 Å². The Kier molecular flexibility index (Phi) is 5.06. The molecule has 4 aromatic rings. The minimum absolute atomic E-state index is 0.0367. The zero-order chi connectivity index (χ0) is 19.2. The predicted octanol–water partition coefficient (Wildman–Crippen LogP) is 3.37. The number of nitrogens with one attached hydrogen (secondary N) is 1. The van der Waals surface area contributed by atoms with Crippen LogP contribution in [0.1, 0.15) is 5.56 Å². The molecule has 4 rings (SSSR count). The number of para-hydroxylation sites is 2. The van der Waals surface area contributed by atoms with Crippen molar-refractivity contribution in [1.82, 2.24) is 20.4 Å². The van der Waals surface area contributed by atoms with Crippen LogP contribution in [0.15, 0.2) is 84.0 Å². The Morgan fingerprint density at radius 2 is 1.79 bits per heavy atom. The van der Waals surface area contributed by atoms with Gasteiger partial charge in [0.25, 0.3) is 5.91 Å². The standard InChI is InChI=1S/C21H17N5O2/c27-21(15-26-20-12-5-4-11-19(20)23-25-26)24-22-14-16-7-6-10-18(13-16)28-17-8-2-1-3-9-17/h1-14H,15H2,(H,24,27)/b22-14+. The number of aromatic nitrogens is 3. The normalized spacial score (nSPS) is 11.0. The third-order valence-electron chi connectivity index (χ3n) is 3.95. The Labute approximate surface area is 161 Å². The van der Waals surface area contributed by atoms with Crippen molar-refractivity contribution in [1.29, 1.82) is 0 Å². The zero-order valence-electron chi connectivity index (χ0n) is 14.9. The van der Waals surface area contributed by atoms with E-state index in [4.69, 9.17) is 4.74 Å². The number of hydrogen-bond acceptors (Lipinski definition) is 5. The van der Waals surface area contributed by atoms with Crippen molar-refractivity contribution in [2.75, 3.05) is 0 Å². The van der Waals surface area contributed by atoms with Gasteiger partial charge in [-0.25, -0.2) is 10.1 Å². The molecule has 3 aromatic carbocycles. The fourth-order valence-corrected chi connectivity index (χ4v) is 2.67. The molecule has 0 atom stereocenters. The Morgan fingerprint density at radius 3 is 2.68 bits per heavy atom. The molecule has 7 nitrogen and oxygen atoms in total. The molecule has 138 valence electrons. The van der Waals surface area contributed by atoms with E-state index in [0.717, 1.165) is 22.3 Å². The van der Waals surface area contributed by atoms with Crippen molar-refractivity contribution in [3.05, 3.63) is 84.4 Å². The number of benzene rings is 3. The van der Waals surface area contributed by atoms with E-state index in [1.165, 1.54) is 4.68 Å².